The van der Waals surface area contributed by atoms with Crippen LogP contribution in [0, 0.1) is 0 Å². The van der Waals surface area contributed by atoms with Crippen LogP contribution in [0.5, 0.6) is 0 Å². The van der Waals surface area contributed by atoms with Crippen molar-refractivity contribution in [3.8, 4) is 0 Å². The topological polar surface area (TPSA) is 0 Å². The molecule has 0 N–H and O–H groups in total. The molecule has 0 aromatic rings. The molecule has 0 aliphatic carbocycles. The molecule has 0 unspecified atom stereocenters. The molecule has 0 rings (SSSR count). The molecule has 0 aromatic heterocycles. The summed E-state index contributed by atoms with van der Waals surface area (Å²) in [6.45, 7) is 9.44. The zero-order chi connectivity index (χ0) is 13.0. The first kappa shape index (κ1) is 17.4. The van der Waals surface area contributed by atoms with E-state index >= 15 is 0 Å². The molecule has 106 valence electrons. The van der Waals surface area contributed by atoms with Crippen molar-refractivity contribution in [1.29, 1.82) is 0 Å². The van der Waals surface area contributed by atoms with Crippen molar-refractivity contribution in [3.05, 3.63) is 0 Å². The van der Waals surface area contributed by atoms with Crippen LogP contribution in [0.25, 0.3) is 0 Å². The average molecular weight is 260 g/mol. The third-order valence-corrected chi connectivity index (χ3v) is 9.90. The van der Waals surface area contributed by atoms with E-state index in [2.05, 4.69) is 27.7 Å². The van der Waals surface area contributed by atoms with Gasteiger partial charge in [0.15, 0.2) is 0 Å². The van der Waals surface area contributed by atoms with Gasteiger partial charge in [0.05, 0.1) is 0 Å². The molecule has 0 bridgehead atoms. The Labute approximate surface area is 111 Å². The van der Waals surface area contributed by atoms with E-state index in [1.165, 1.54) is 51.4 Å². The Balaban J connectivity index is 4.39. The van der Waals surface area contributed by atoms with Gasteiger partial charge in [0, 0.05) is 0 Å². The summed E-state index contributed by atoms with van der Waals surface area (Å²) < 4.78 is 0. The second-order valence-corrected chi connectivity index (χ2v) is 10.9. The second kappa shape index (κ2) is 11.5. The van der Waals surface area contributed by atoms with Crippen LogP contribution in [0.15, 0.2) is 0 Å². The minimum absolute atomic E-state index is 0.879. The molecule has 0 saturated carbocycles. The van der Waals surface area contributed by atoms with E-state index in [1.807, 2.05) is 0 Å². The Bertz CT molecular complexity index is 116. The van der Waals surface area contributed by atoms with Crippen molar-refractivity contribution < 1.29 is 0 Å². The van der Waals surface area contributed by atoms with E-state index in [4.69, 9.17) is 0 Å². The minimum atomic E-state index is -0.879. The molecule has 1 heteroatoms. The van der Waals surface area contributed by atoms with Crippen LogP contribution < -0.4 is 0 Å². The van der Waals surface area contributed by atoms with Crippen molar-refractivity contribution in [1.82, 2.24) is 0 Å². The third kappa shape index (κ3) is 8.20. The first-order valence-electron chi connectivity index (χ1n) is 8.24. The number of hydrogen-bond donors (Lipinski definition) is 0. The van der Waals surface area contributed by atoms with Crippen LogP contribution in [0.3, 0.4) is 0 Å². The predicted octanol–water partition coefficient (Wildman–Crippen LogP) is 5.94. The van der Waals surface area contributed by atoms with E-state index < -0.39 is 7.26 Å². The average Bonchev–Trinajstić information content (AvgIpc) is 2.37. The Morgan fingerprint density at radius 1 is 0.471 bits per heavy atom. The van der Waals surface area contributed by atoms with E-state index in [0.717, 1.165) is 0 Å². The van der Waals surface area contributed by atoms with Gasteiger partial charge < -0.3 is 0 Å². The zero-order valence-corrected chi connectivity index (χ0v) is 14.0. The fraction of sp³-hybridized carbons (Fsp3) is 1.00. The third-order valence-electron chi connectivity index (χ3n) is 4.24. The zero-order valence-electron chi connectivity index (χ0n) is 13.0. The van der Waals surface area contributed by atoms with Gasteiger partial charge in [-0.05, 0) is 0 Å². The van der Waals surface area contributed by atoms with Crippen molar-refractivity contribution >= 4 is 7.26 Å². The summed E-state index contributed by atoms with van der Waals surface area (Å²) >= 11 is 0. The summed E-state index contributed by atoms with van der Waals surface area (Å²) in [5.41, 5.74) is 0. The van der Waals surface area contributed by atoms with Crippen molar-refractivity contribution in [2.24, 2.45) is 0 Å². The number of unbranched alkanes of at least 4 members (excludes halogenated alkanes) is 4. The fourth-order valence-corrected chi connectivity index (χ4v) is 8.87. The molecular weight excluding hydrogens is 223 g/mol. The van der Waals surface area contributed by atoms with E-state index in [1.54, 1.807) is 24.6 Å². The standard InChI is InChI=1S/C16H37P/c1-5-9-13-17(14-10-6-2,15-11-7-3)16-12-8-4/h17H,5-16H2,1-4H3. The van der Waals surface area contributed by atoms with Gasteiger partial charge in [0.25, 0.3) is 0 Å². The molecule has 0 aromatic carbocycles. The van der Waals surface area contributed by atoms with Crippen LogP contribution in [0.1, 0.15) is 79.1 Å². The van der Waals surface area contributed by atoms with Gasteiger partial charge in [-0.25, -0.2) is 0 Å². The fourth-order valence-electron chi connectivity index (χ4n) is 2.96. The Morgan fingerprint density at radius 3 is 0.882 bits per heavy atom. The number of rotatable bonds is 12. The van der Waals surface area contributed by atoms with Gasteiger partial charge >= 0.3 is 111 Å². The van der Waals surface area contributed by atoms with Gasteiger partial charge in [-0.2, -0.15) is 0 Å². The SMILES string of the molecule is CCCC[PH](CCCC)(CCCC)CCCC. The van der Waals surface area contributed by atoms with Gasteiger partial charge in [0.2, 0.25) is 0 Å². The van der Waals surface area contributed by atoms with Crippen LogP contribution in [0.2, 0.25) is 0 Å². The maximum atomic E-state index is 2.36. The summed E-state index contributed by atoms with van der Waals surface area (Å²) in [5, 5.41) is 0. The molecule has 0 radical (unpaired) electrons. The molecule has 0 saturated heterocycles. The Kier molecular flexibility index (Phi) is 11.8. The second-order valence-electron chi connectivity index (χ2n) is 5.91. The van der Waals surface area contributed by atoms with Gasteiger partial charge in [0.1, 0.15) is 0 Å². The summed E-state index contributed by atoms with van der Waals surface area (Å²) in [6.07, 6.45) is 18.1. The van der Waals surface area contributed by atoms with Gasteiger partial charge in [-0.15, -0.1) is 0 Å². The van der Waals surface area contributed by atoms with Crippen LogP contribution in [0.4, 0.5) is 0 Å². The van der Waals surface area contributed by atoms with Crippen LogP contribution in [-0.2, 0) is 0 Å². The summed E-state index contributed by atoms with van der Waals surface area (Å²) in [5.74, 6) is 0. The first-order valence-corrected chi connectivity index (χ1v) is 11.1. The normalized spacial score (nSPS) is 12.9. The van der Waals surface area contributed by atoms with E-state index in [0.29, 0.717) is 0 Å². The van der Waals surface area contributed by atoms with Crippen molar-refractivity contribution in [2.75, 3.05) is 24.6 Å². The van der Waals surface area contributed by atoms with Crippen LogP contribution >= 0.6 is 7.26 Å². The molecule has 0 fully saturated rings. The number of hydrogen-bond acceptors (Lipinski definition) is 0. The molecule has 0 aliphatic rings. The molecule has 0 atom stereocenters. The summed E-state index contributed by atoms with van der Waals surface area (Å²) in [4.78, 5) is 0. The van der Waals surface area contributed by atoms with Crippen molar-refractivity contribution in [3.63, 3.8) is 0 Å². The summed E-state index contributed by atoms with van der Waals surface area (Å²) in [6, 6.07) is 0. The molecule has 0 aliphatic heterocycles. The molecular formula is C16H37P. The monoisotopic (exact) mass is 260 g/mol. The molecule has 0 amide bonds. The molecule has 0 nitrogen and oxygen atoms in total. The molecule has 17 heavy (non-hydrogen) atoms. The Hall–Kier alpha value is 0.430. The van der Waals surface area contributed by atoms with Crippen LogP contribution in [-0.4, -0.2) is 24.6 Å². The van der Waals surface area contributed by atoms with Crippen molar-refractivity contribution in [2.45, 2.75) is 79.1 Å². The van der Waals surface area contributed by atoms with E-state index in [9.17, 15) is 0 Å². The molecule has 0 heterocycles. The van der Waals surface area contributed by atoms with Gasteiger partial charge in [-0.3, -0.25) is 0 Å². The Morgan fingerprint density at radius 2 is 0.706 bits per heavy atom. The quantitative estimate of drug-likeness (QED) is 0.381. The van der Waals surface area contributed by atoms with Gasteiger partial charge in [-0.1, -0.05) is 0 Å². The summed E-state index contributed by atoms with van der Waals surface area (Å²) in [7, 11) is -0.879. The predicted molar refractivity (Wildman–Crippen MR) is 87.4 cm³/mol. The maximum absolute atomic E-state index is 2.36. The first-order chi connectivity index (χ1) is 8.24. The van der Waals surface area contributed by atoms with E-state index in [-0.39, 0.29) is 0 Å². The molecule has 0 spiro atoms.